The van der Waals surface area contributed by atoms with Crippen molar-refractivity contribution in [3.05, 3.63) is 240 Å². The zero-order valence-corrected chi connectivity index (χ0v) is 31.7. The van der Waals surface area contributed by atoms with Crippen LogP contribution in [0.4, 0.5) is 0 Å². The molecule has 2 aliphatic carbocycles. The van der Waals surface area contributed by atoms with Crippen LogP contribution in [0.3, 0.4) is 0 Å². The molecule has 0 atom stereocenters. The molecule has 2 aromatic heterocycles. The molecular formula is C56H36N2. The molecule has 0 saturated carbocycles. The first kappa shape index (κ1) is 31.7. The molecule has 0 N–H and O–H groups in total. The summed E-state index contributed by atoms with van der Waals surface area (Å²) in [5.41, 5.74) is 20.1. The van der Waals surface area contributed by atoms with Crippen molar-refractivity contribution in [3.63, 3.8) is 0 Å². The summed E-state index contributed by atoms with van der Waals surface area (Å²) in [5.74, 6) is 0. The molecule has 0 fully saturated rings. The predicted molar refractivity (Wildman–Crippen MR) is 241 cm³/mol. The van der Waals surface area contributed by atoms with Gasteiger partial charge in [0.2, 0.25) is 0 Å². The Morgan fingerprint density at radius 3 is 1.45 bits per heavy atom. The highest BCUT2D eigenvalue weighted by Gasteiger charge is 2.50. The van der Waals surface area contributed by atoms with E-state index >= 15 is 0 Å². The summed E-state index contributed by atoms with van der Waals surface area (Å²) >= 11 is 0. The van der Waals surface area contributed by atoms with Crippen molar-refractivity contribution in [2.24, 2.45) is 0 Å². The van der Waals surface area contributed by atoms with E-state index in [0.717, 1.165) is 6.42 Å². The summed E-state index contributed by atoms with van der Waals surface area (Å²) < 4.78 is 4.86. The number of hydrogen-bond acceptors (Lipinski definition) is 0. The van der Waals surface area contributed by atoms with Gasteiger partial charge in [0.15, 0.2) is 0 Å². The van der Waals surface area contributed by atoms with Gasteiger partial charge in [-0.25, -0.2) is 0 Å². The van der Waals surface area contributed by atoms with Gasteiger partial charge in [0.05, 0.1) is 27.5 Å². The molecule has 0 radical (unpaired) electrons. The summed E-state index contributed by atoms with van der Waals surface area (Å²) in [5, 5.41) is 5.08. The monoisotopic (exact) mass is 736 g/mol. The number of nitrogens with zero attached hydrogens (tertiary/aromatic N) is 2. The van der Waals surface area contributed by atoms with Gasteiger partial charge in [-0.3, -0.25) is 0 Å². The molecule has 0 bridgehead atoms. The van der Waals surface area contributed by atoms with Crippen LogP contribution in [0.5, 0.6) is 0 Å². The minimum Gasteiger partial charge on any atom is -0.309 e. The number of para-hydroxylation sites is 4. The van der Waals surface area contributed by atoms with Crippen LogP contribution < -0.4 is 0 Å². The Labute approximate surface area is 336 Å². The quantitative estimate of drug-likeness (QED) is 0.171. The minimum absolute atomic E-state index is 0.464. The third-order valence-electron chi connectivity index (χ3n) is 13.2. The van der Waals surface area contributed by atoms with Crippen LogP contribution in [0, 0.1) is 0 Å². The summed E-state index contributed by atoms with van der Waals surface area (Å²) in [4.78, 5) is 0. The zero-order chi connectivity index (χ0) is 38.0. The van der Waals surface area contributed by atoms with Crippen molar-refractivity contribution in [1.29, 1.82) is 0 Å². The smallest absolute Gasteiger partial charge is 0.0719 e. The highest BCUT2D eigenvalue weighted by Crippen LogP contribution is 2.61. The number of hydrogen-bond donors (Lipinski definition) is 0. The predicted octanol–water partition coefficient (Wildman–Crippen LogP) is 13.8. The highest BCUT2D eigenvalue weighted by atomic mass is 15.0. The van der Waals surface area contributed by atoms with Gasteiger partial charge < -0.3 is 9.13 Å². The van der Waals surface area contributed by atoms with Gasteiger partial charge in [-0.15, -0.1) is 0 Å². The van der Waals surface area contributed by atoms with E-state index < -0.39 is 5.41 Å². The van der Waals surface area contributed by atoms with Crippen molar-refractivity contribution in [1.82, 2.24) is 9.13 Å². The van der Waals surface area contributed by atoms with Gasteiger partial charge in [-0.2, -0.15) is 0 Å². The molecular weight excluding hydrogens is 701 g/mol. The SMILES string of the molecule is c1ccc(-n2c3ccccc3c3cc(-c4ccc5c(c4)-c4cc6c7ccccc7n(-c7ccccc7)c6cc4C54c5ccccc5Cc5ccccc54)ccc32)cc1. The lowest BCUT2D eigenvalue weighted by Gasteiger charge is -2.40. The molecule has 58 heavy (non-hydrogen) atoms. The van der Waals surface area contributed by atoms with E-state index in [1.165, 1.54) is 111 Å². The van der Waals surface area contributed by atoms with Gasteiger partial charge in [-0.05, 0) is 129 Å². The van der Waals surface area contributed by atoms with Crippen LogP contribution in [0.1, 0.15) is 33.4 Å². The van der Waals surface area contributed by atoms with Gasteiger partial charge in [-0.1, -0.05) is 140 Å². The lowest BCUT2D eigenvalue weighted by atomic mass is 9.61. The molecule has 11 aromatic rings. The van der Waals surface area contributed by atoms with Crippen LogP contribution in [0.25, 0.3) is 77.2 Å². The Balaban J connectivity index is 1.12. The number of fused-ring (bicyclic) bond motifs is 15. The van der Waals surface area contributed by atoms with Crippen molar-refractivity contribution in [2.75, 3.05) is 0 Å². The first-order valence-corrected chi connectivity index (χ1v) is 20.3. The Bertz CT molecular complexity index is 3430. The van der Waals surface area contributed by atoms with Crippen LogP contribution in [-0.4, -0.2) is 9.13 Å². The van der Waals surface area contributed by atoms with Crippen LogP contribution in [0.2, 0.25) is 0 Å². The van der Waals surface area contributed by atoms with E-state index in [4.69, 9.17) is 0 Å². The average molecular weight is 737 g/mol. The second kappa shape index (κ2) is 11.8. The van der Waals surface area contributed by atoms with Crippen molar-refractivity contribution in [2.45, 2.75) is 11.8 Å². The Kier molecular flexibility index (Phi) is 6.46. The van der Waals surface area contributed by atoms with E-state index in [9.17, 15) is 0 Å². The fourth-order valence-electron chi connectivity index (χ4n) is 10.8. The zero-order valence-electron chi connectivity index (χ0n) is 31.7. The molecule has 0 aliphatic heterocycles. The maximum atomic E-state index is 2.54. The third kappa shape index (κ3) is 4.16. The van der Waals surface area contributed by atoms with Crippen molar-refractivity contribution >= 4 is 43.6 Å². The van der Waals surface area contributed by atoms with Gasteiger partial charge in [0.1, 0.15) is 0 Å². The fraction of sp³-hybridized carbons (Fsp3) is 0.0357. The number of aromatic nitrogens is 2. The third-order valence-corrected chi connectivity index (χ3v) is 13.2. The molecule has 9 aromatic carbocycles. The van der Waals surface area contributed by atoms with Crippen LogP contribution >= 0.6 is 0 Å². The van der Waals surface area contributed by atoms with Gasteiger partial charge in [0, 0.05) is 32.9 Å². The first-order chi connectivity index (χ1) is 28.8. The number of rotatable bonds is 3. The van der Waals surface area contributed by atoms with E-state index in [1.54, 1.807) is 0 Å². The van der Waals surface area contributed by atoms with Gasteiger partial charge in [0.25, 0.3) is 0 Å². The summed E-state index contributed by atoms with van der Waals surface area (Å²) in [7, 11) is 0. The molecule has 2 heterocycles. The summed E-state index contributed by atoms with van der Waals surface area (Å²) in [6.45, 7) is 0. The summed E-state index contributed by atoms with van der Waals surface area (Å²) in [6.07, 6.45) is 0.931. The second-order valence-corrected chi connectivity index (χ2v) is 16.0. The van der Waals surface area contributed by atoms with Crippen molar-refractivity contribution in [3.8, 4) is 33.6 Å². The highest BCUT2D eigenvalue weighted by molar-refractivity contribution is 6.13. The Hall–Kier alpha value is -7.42. The molecule has 13 rings (SSSR count). The van der Waals surface area contributed by atoms with Crippen LogP contribution in [0.15, 0.2) is 206 Å². The van der Waals surface area contributed by atoms with E-state index in [1.807, 2.05) is 0 Å². The maximum Gasteiger partial charge on any atom is 0.0719 e. The molecule has 1 spiro atoms. The molecule has 0 unspecified atom stereocenters. The largest absolute Gasteiger partial charge is 0.309 e. The van der Waals surface area contributed by atoms with E-state index in [-0.39, 0.29) is 0 Å². The van der Waals surface area contributed by atoms with Crippen LogP contribution in [-0.2, 0) is 11.8 Å². The molecule has 0 amide bonds. The molecule has 0 saturated heterocycles. The standard InChI is InChI=1S/C56H36N2/c1-3-17-40(18-4-1)57-52-25-13-9-21-42(52)46-33-37(28-30-54(46)57)36-27-29-50-44(32-36)45-34-47-43-22-10-14-26-53(43)58(41-19-5-2-6-20-41)55(47)35-51(45)56(50)48-23-11-7-15-38(48)31-39-16-8-12-24-49(39)56/h1-30,32-35H,31H2. The van der Waals surface area contributed by atoms with E-state index in [2.05, 4.69) is 215 Å². The Morgan fingerprint density at radius 1 is 0.310 bits per heavy atom. The summed E-state index contributed by atoms with van der Waals surface area (Å²) in [6, 6.07) is 77.1. The molecule has 270 valence electrons. The van der Waals surface area contributed by atoms with E-state index in [0.29, 0.717) is 0 Å². The topological polar surface area (TPSA) is 9.86 Å². The Morgan fingerprint density at radius 2 is 0.793 bits per heavy atom. The lowest BCUT2D eigenvalue weighted by Crippen LogP contribution is -2.34. The lowest BCUT2D eigenvalue weighted by molar-refractivity contribution is 0.722. The fourth-order valence-corrected chi connectivity index (χ4v) is 10.8. The normalized spacial score (nSPS) is 13.6. The minimum atomic E-state index is -0.464. The molecule has 2 aliphatic rings. The molecule has 2 heteroatoms. The first-order valence-electron chi connectivity index (χ1n) is 20.3. The average Bonchev–Trinajstić information content (AvgIpc) is 3.90. The molecule has 2 nitrogen and oxygen atoms in total. The van der Waals surface area contributed by atoms with Gasteiger partial charge >= 0.3 is 0 Å². The van der Waals surface area contributed by atoms with Crippen molar-refractivity contribution < 1.29 is 0 Å². The second-order valence-electron chi connectivity index (χ2n) is 16.0. The maximum absolute atomic E-state index is 2.54. The number of benzene rings is 9.